The third-order valence-corrected chi connectivity index (χ3v) is 4.78. The minimum atomic E-state index is -0.123. The van der Waals surface area contributed by atoms with E-state index in [-0.39, 0.29) is 6.03 Å². The highest BCUT2D eigenvalue weighted by atomic mass is 16.5. The highest BCUT2D eigenvalue weighted by Gasteiger charge is 2.15. The number of rotatable bonds is 6. The largest absolute Gasteiger partial charge is 0.497 e. The van der Waals surface area contributed by atoms with Crippen LogP contribution in [0.3, 0.4) is 0 Å². The van der Waals surface area contributed by atoms with Gasteiger partial charge in [-0.3, -0.25) is 0 Å². The van der Waals surface area contributed by atoms with Gasteiger partial charge in [-0.2, -0.15) is 5.10 Å². The molecule has 0 spiro atoms. The molecule has 1 aromatic heterocycles. The van der Waals surface area contributed by atoms with E-state index in [9.17, 15) is 4.79 Å². The van der Waals surface area contributed by atoms with E-state index in [4.69, 9.17) is 4.74 Å². The molecule has 0 saturated heterocycles. The summed E-state index contributed by atoms with van der Waals surface area (Å²) in [5.74, 6) is 0.803. The summed E-state index contributed by atoms with van der Waals surface area (Å²) in [5.41, 5.74) is 5.04. The van der Waals surface area contributed by atoms with Gasteiger partial charge >= 0.3 is 6.03 Å². The number of amides is 2. The molecule has 3 aromatic rings. The maximum atomic E-state index is 12.5. The topological polar surface area (TPSA) is 59.4 Å². The number of benzene rings is 2. The molecule has 0 unspecified atom stereocenters. The Balaban J connectivity index is 1.63. The number of methoxy groups -OCH3 is 1. The molecule has 0 bridgehead atoms. The summed E-state index contributed by atoms with van der Waals surface area (Å²) in [6, 6.07) is 17.6. The maximum Gasteiger partial charge on any atom is 0.317 e. The van der Waals surface area contributed by atoms with Crippen molar-refractivity contribution in [1.82, 2.24) is 20.0 Å². The van der Waals surface area contributed by atoms with E-state index in [0.717, 1.165) is 34.0 Å². The predicted octanol–water partition coefficient (Wildman–Crippen LogP) is 3.84. The monoisotopic (exact) mass is 378 g/mol. The van der Waals surface area contributed by atoms with E-state index < -0.39 is 0 Å². The van der Waals surface area contributed by atoms with Crippen LogP contribution in [0.5, 0.6) is 5.75 Å². The van der Waals surface area contributed by atoms with Crippen LogP contribution in [0.1, 0.15) is 22.5 Å². The van der Waals surface area contributed by atoms with Crippen LogP contribution in [0.15, 0.2) is 54.6 Å². The Morgan fingerprint density at radius 1 is 1.11 bits per heavy atom. The number of para-hydroxylation sites is 1. The van der Waals surface area contributed by atoms with Crippen LogP contribution in [0, 0.1) is 13.8 Å². The smallest absolute Gasteiger partial charge is 0.317 e. The van der Waals surface area contributed by atoms with Gasteiger partial charge in [-0.25, -0.2) is 9.48 Å². The van der Waals surface area contributed by atoms with Crippen LogP contribution in [-0.4, -0.2) is 34.9 Å². The number of hydrogen-bond acceptors (Lipinski definition) is 3. The highest BCUT2D eigenvalue weighted by molar-refractivity contribution is 5.73. The van der Waals surface area contributed by atoms with Gasteiger partial charge in [0, 0.05) is 31.4 Å². The quantitative estimate of drug-likeness (QED) is 0.709. The number of nitrogens with zero attached hydrogens (tertiary/aromatic N) is 3. The molecule has 0 fully saturated rings. The van der Waals surface area contributed by atoms with Crippen molar-refractivity contribution in [3.05, 3.63) is 77.1 Å². The Labute approximate surface area is 165 Å². The van der Waals surface area contributed by atoms with Gasteiger partial charge in [-0.05, 0) is 43.7 Å². The lowest BCUT2D eigenvalue weighted by Crippen LogP contribution is -2.36. The van der Waals surface area contributed by atoms with Crippen LogP contribution in [-0.2, 0) is 13.1 Å². The first-order valence-corrected chi connectivity index (χ1v) is 9.22. The van der Waals surface area contributed by atoms with Gasteiger partial charge in [0.05, 0.1) is 18.5 Å². The van der Waals surface area contributed by atoms with Crippen LogP contribution in [0.4, 0.5) is 4.79 Å². The molecule has 2 aromatic carbocycles. The third-order valence-electron chi connectivity index (χ3n) is 4.78. The minimum Gasteiger partial charge on any atom is -0.497 e. The van der Waals surface area contributed by atoms with Gasteiger partial charge in [0.15, 0.2) is 0 Å². The van der Waals surface area contributed by atoms with Crippen molar-refractivity contribution >= 4 is 6.03 Å². The van der Waals surface area contributed by atoms with Crippen LogP contribution in [0.2, 0.25) is 0 Å². The lowest BCUT2D eigenvalue weighted by molar-refractivity contribution is 0.206. The molecule has 3 rings (SSSR count). The van der Waals surface area contributed by atoms with Crippen molar-refractivity contribution in [3.63, 3.8) is 0 Å². The molecule has 0 atom stereocenters. The second-order valence-electron chi connectivity index (χ2n) is 6.76. The van der Waals surface area contributed by atoms with Crippen molar-refractivity contribution in [2.75, 3.05) is 14.2 Å². The molecule has 0 radical (unpaired) electrons. The summed E-state index contributed by atoms with van der Waals surface area (Å²) in [7, 11) is 3.42. The molecular formula is C22H26N4O2. The lowest BCUT2D eigenvalue weighted by atomic mass is 10.2. The van der Waals surface area contributed by atoms with Crippen LogP contribution < -0.4 is 10.1 Å². The summed E-state index contributed by atoms with van der Waals surface area (Å²) >= 11 is 0. The highest BCUT2D eigenvalue weighted by Crippen LogP contribution is 2.18. The van der Waals surface area contributed by atoms with Crippen LogP contribution in [0.25, 0.3) is 5.69 Å². The normalized spacial score (nSPS) is 10.6. The number of carbonyl (C=O) groups is 1. The Bertz CT molecular complexity index is 933. The SMILES string of the molecule is COc1ccc(CN(C)C(=O)NCc2c(C)nn(-c3ccccc3)c2C)cc1. The van der Waals surface area contributed by atoms with Gasteiger partial charge in [0.1, 0.15) is 5.75 Å². The zero-order valence-electron chi connectivity index (χ0n) is 16.8. The van der Waals surface area contributed by atoms with E-state index in [1.54, 1.807) is 19.1 Å². The Morgan fingerprint density at radius 2 is 1.79 bits per heavy atom. The first kappa shape index (κ1) is 19.5. The fourth-order valence-corrected chi connectivity index (χ4v) is 3.13. The van der Waals surface area contributed by atoms with E-state index in [1.165, 1.54) is 0 Å². The van der Waals surface area contributed by atoms with Gasteiger partial charge in [0.25, 0.3) is 0 Å². The number of ether oxygens (including phenoxy) is 1. The summed E-state index contributed by atoms with van der Waals surface area (Å²) in [6.45, 7) is 4.96. The molecular weight excluding hydrogens is 352 g/mol. The van der Waals surface area contributed by atoms with E-state index in [1.807, 2.05) is 73.1 Å². The van der Waals surface area contributed by atoms with E-state index in [0.29, 0.717) is 13.1 Å². The van der Waals surface area contributed by atoms with Crippen molar-refractivity contribution in [1.29, 1.82) is 0 Å². The minimum absolute atomic E-state index is 0.123. The van der Waals surface area contributed by atoms with Gasteiger partial charge in [-0.1, -0.05) is 30.3 Å². The van der Waals surface area contributed by atoms with Gasteiger partial charge in [0.2, 0.25) is 0 Å². The summed E-state index contributed by atoms with van der Waals surface area (Å²) < 4.78 is 7.08. The first-order chi connectivity index (χ1) is 13.5. The zero-order valence-corrected chi connectivity index (χ0v) is 16.8. The molecule has 146 valence electrons. The van der Waals surface area contributed by atoms with Crippen molar-refractivity contribution in [2.45, 2.75) is 26.9 Å². The molecule has 2 amide bonds. The standard InChI is InChI=1S/C22H26N4O2/c1-16-21(17(2)26(24-16)19-8-6-5-7-9-19)14-23-22(27)25(3)15-18-10-12-20(28-4)13-11-18/h5-13H,14-15H2,1-4H3,(H,23,27). The average molecular weight is 378 g/mol. The molecule has 0 aliphatic rings. The Kier molecular flexibility index (Phi) is 5.99. The number of urea groups is 1. The van der Waals surface area contributed by atoms with Crippen molar-refractivity contribution in [2.24, 2.45) is 0 Å². The molecule has 28 heavy (non-hydrogen) atoms. The molecule has 1 N–H and O–H groups in total. The Morgan fingerprint density at radius 3 is 2.43 bits per heavy atom. The summed E-state index contributed by atoms with van der Waals surface area (Å²) in [4.78, 5) is 14.2. The third kappa shape index (κ3) is 4.34. The number of carbonyl (C=O) groups excluding carboxylic acids is 1. The second-order valence-corrected chi connectivity index (χ2v) is 6.76. The molecule has 0 aliphatic carbocycles. The number of nitrogens with one attached hydrogen (secondary N) is 1. The van der Waals surface area contributed by atoms with Gasteiger partial charge in [-0.15, -0.1) is 0 Å². The lowest BCUT2D eigenvalue weighted by Gasteiger charge is -2.18. The summed E-state index contributed by atoms with van der Waals surface area (Å²) in [5, 5.41) is 7.62. The second kappa shape index (κ2) is 8.61. The molecule has 6 nitrogen and oxygen atoms in total. The van der Waals surface area contributed by atoms with Crippen molar-refractivity contribution < 1.29 is 9.53 Å². The van der Waals surface area contributed by atoms with E-state index in [2.05, 4.69) is 10.4 Å². The molecule has 6 heteroatoms. The number of aromatic nitrogens is 2. The fraction of sp³-hybridized carbons (Fsp3) is 0.273. The summed E-state index contributed by atoms with van der Waals surface area (Å²) in [6.07, 6.45) is 0. The predicted molar refractivity (Wildman–Crippen MR) is 110 cm³/mol. The van der Waals surface area contributed by atoms with Gasteiger partial charge < -0.3 is 15.0 Å². The van der Waals surface area contributed by atoms with Crippen LogP contribution >= 0.6 is 0 Å². The zero-order chi connectivity index (χ0) is 20.1. The molecule has 0 aliphatic heterocycles. The van der Waals surface area contributed by atoms with E-state index >= 15 is 0 Å². The van der Waals surface area contributed by atoms with Crippen molar-refractivity contribution in [3.8, 4) is 11.4 Å². The maximum absolute atomic E-state index is 12.5. The Hall–Kier alpha value is -3.28. The first-order valence-electron chi connectivity index (χ1n) is 9.22. The average Bonchev–Trinajstić information content (AvgIpc) is 3.01. The number of aryl methyl sites for hydroxylation is 1. The molecule has 1 heterocycles. The number of hydrogen-bond donors (Lipinski definition) is 1. The fourth-order valence-electron chi connectivity index (χ4n) is 3.13. The molecule has 0 saturated carbocycles.